The van der Waals surface area contributed by atoms with Crippen molar-refractivity contribution in [2.45, 2.75) is 77.0 Å². The van der Waals surface area contributed by atoms with Crippen molar-refractivity contribution in [1.82, 2.24) is 30.0 Å². The molecule has 7 heterocycles. The molecule has 4 fully saturated rings. The summed E-state index contributed by atoms with van der Waals surface area (Å²) in [6, 6.07) is 10.8. The van der Waals surface area contributed by atoms with E-state index in [1.807, 2.05) is 17.0 Å². The number of imide groups is 2. The highest BCUT2D eigenvalue weighted by molar-refractivity contribution is 6.32. The van der Waals surface area contributed by atoms with Crippen molar-refractivity contribution in [3.63, 3.8) is 0 Å². The molecule has 2 unspecified atom stereocenters. The normalized spacial score (nSPS) is 23.6. The van der Waals surface area contributed by atoms with E-state index < -0.39 is 29.7 Å². The highest BCUT2D eigenvalue weighted by atomic mass is 35.5. The Morgan fingerprint density at radius 3 is 2.26 bits per heavy atom. The number of piperidine rings is 3. The predicted octanol–water partition coefficient (Wildman–Crippen LogP) is 4.16. The minimum absolute atomic E-state index is 0.0880. The molecule has 5 amide bonds. The number of amides is 5. The van der Waals surface area contributed by atoms with Crippen LogP contribution >= 0.6 is 11.6 Å². The maximum atomic E-state index is 13.5. The second-order valence-electron chi connectivity index (χ2n) is 16.7. The van der Waals surface area contributed by atoms with Gasteiger partial charge in [-0.15, -0.1) is 0 Å². The molecular formula is C42H44ClN9O5. The van der Waals surface area contributed by atoms with E-state index >= 15 is 0 Å². The van der Waals surface area contributed by atoms with Gasteiger partial charge >= 0.3 is 0 Å². The van der Waals surface area contributed by atoms with Crippen LogP contribution in [0.3, 0.4) is 0 Å². The highest BCUT2D eigenvalue weighted by Gasteiger charge is 2.46. The Morgan fingerprint density at radius 1 is 0.947 bits per heavy atom. The average molecular weight is 790 g/mol. The lowest BCUT2D eigenvalue weighted by molar-refractivity contribution is -0.136. The van der Waals surface area contributed by atoms with Crippen LogP contribution in [0.25, 0.3) is 0 Å². The Kier molecular flexibility index (Phi) is 9.48. The van der Waals surface area contributed by atoms with Crippen molar-refractivity contribution in [2.24, 2.45) is 11.3 Å². The van der Waals surface area contributed by atoms with Crippen molar-refractivity contribution >= 4 is 52.6 Å². The van der Waals surface area contributed by atoms with Gasteiger partial charge in [0.1, 0.15) is 23.6 Å². The first-order valence-electron chi connectivity index (χ1n) is 19.9. The Morgan fingerprint density at radius 2 is 1.65 bits per heavy atom. The fourth-order valence-electron chi connectivity index (χ4n) is 10.0. The van der Waals surface area contributed by atoms with E-state index in [1.165, 1.54) is 0 Å². The number of aromatic nitrogens is 2. The quantitative estimate of drug-likeness (QED) is 0.357. The number of nitrogens with zero attached hydrogens (tertiary/aromatic N) is 8. The summed E-state index contributed by atoms with van der Waals surface area (Å²) in [6.45, 7) is 8.39. The van der Waals surface area contributed by atoms with Crippen LogP contribution in [0.4, 0.5) is 11.5 Å². The molecule has 2 aromatic carbocycles. The summed E-state index contributed by atoms with van der Waals surface area (Å²) >= 11 is 6.36. The third kappa shape index (κ3) is 6.80. The molecule has 0 bridgehead atoms. The topological polar surface area (TPSA) is 163 Å². The molecule has 6 aliphatic heterocycles. The molecule has 6 aliphatic rings. The molecule has 1 aromatic heterocycles. The number of hydrogen-bond donors (Lipinski definition) is 1. The van der Waals surface area contributed by atoms with E-state index in [1.54, 1.807) is 30.6 Å². The number of halogens is 1. The van der Waals surface area contributed by atoms with Gasteiger partial charge in [0.15, 0.2) is 0 Å². The minimum Gasteiger partial charge on any atom is -0.368 e. The predicted molar refractivity (Wildman–Crippen MR) is 209 cm³/mol. The first kappa shape index (κ1) is 37.2. The first-order chi connectivity index (χ1) is 27.5. The standard InChI is InChI=1S/C42H44ClN9O5/c1-25-17-42(24-51(25)30-3-2-27(18-44)33(43)16-30)8-12-49(13-9-42)36-20-45-34(19-46-36)41(57)50-10-6-26(7-11-50)21-48-22-28-14-31-32(15-29(28)23-48)40(56)52(39(31)55)35-4-5-37(53)47-38(35)54/h2-3,14-16,19-20,25-26,35H,4-13,17,21-24H2,1H3,(H,47,53,54). The largest absolute Gasteiger partial charge is 0.368 e. The fraction of sp³-hybridized carbons (Fsp3) is 0.476. The van der Waals surface area contributed by atoms with Gasteiger partial charge in [-0.1, -0.05) is 11.6 Å². The second-order valence-corrected chi connectivity index (χ2v) is 17.1. The van der Waals surface area contributed by atoms with E-state index in [0.29, 0.717) is 65.5 Å². The van der Waals surface area contributed by atoms with Gasteiger partial charge in [-0.3, -0.25) is 39.1 Å². The monoisotopic (exact) mass is 789 g/mol. The molecule has 2 atom stereocenters. The van der Waals surface area contributed by atoms with Gasteiger partial charge < -0.3 is 14.7 Å². The van der Waals surface area contributed by atoms with Gasteiger partial charge in [-0.25, -0.2) is 9.97 Å². The number of nitriles is 1. The van der Waals surface area contributed by atoms with Crippen LogP contribution in [0.5, 0.6) is 0 Å². The number of hydrogen-bond acceptors (Lipinski definition) is 11. The number of fused-ring (bicyclic) bond motifs is 2. The number of anilines is 2. The Balaban J connectivity index is 0.745. The van der Waals surface area contributed by atoms with Crippen molar-refractivity contribution in [3.8, 4) is 6.07 Å². The average Bonchev–Trinajstić information content (AvgIpc) is 3.84. The van der Waals surface area contributed by atoms with Crippen LogP contribution in [0.15, 0.2) is 42.7 Å². The van der Waals surface area contributed by atoms with Crippen LogP contribution in [-0.2, 0) is 22.7 Å². The number of rotatable bonds is 6. The second kappa shape index (κ2) is 14.5. The van der Waals surface area contributed by atoms with Crippen molar-refractivity contribution in [2.75, 3.05) is 49.1 Å². The van der Waals surface area contributed by atoms with E-state index in [-0.39, 0.29) is 24.2 Å². The molecular weight excluding hydrogens is 746 g/mol. The number of likely N-dealkylation sites (tertiary alicyclic amines) is 1. The Labute approximate surface area is 335 Å². The van der Waals surface area contributed by atoms with Crippen LogP contribution in [0.2, 0.25) is 5.02 Å². The van der Waals surface area contributed by atoms with Crippen molar-refractivity contribution in [3.05, 3.63) is 81.3 Å². The Bertz CT molecular complexity index is 2180. The lowest BCUT2D eigenvalue weighted by Crippen LogP contribution is -2.54. The van der Waals surface area contributed by atoms with Crippen LogP contribution in [0.1, 0.15) is 99.8 Å². The SMILES string of the molecule is CC1CC2(CCN(c3cnc(C(=O)N4CCC(CN5Cc6cc7c(cc6C5)C(=O)N(C5CCC(=O)NC5=O)C7=O)CC4)cn3)CC2)CN1c1ccc(C#N)c(Cl)c1. The van der Waals surface area contributed by atoms with Crippen molar-refractivity contribution in [1.29, 1.82) is 5.26 Å². The summed E-state index contributed by atoms with van der Waals surface area (Å²) in [5.41, 5.74) is 4.75. The van der Waals surface area contributed by atoms with E-state index in [2.05, 4.69) is 43.0 Å². The van der Waals surface area contributed by atoms with Gasteiger partial charge in [0, 0.05) is 70.5 Å². The van der Waals surface area contributed by atoms with Crippen molar-refractivity contribution < 1.29 is 24.0 Å². The minimum atomic E-state index is -0.975. The fourth-order valence-corrected chi connectivity index (χ4v) is 10.2. The van der Waals surface area contributed by atoms with Gasteiger partial charge in [-0.2, -0.15) is 5.26 Å². The lowest BCUT2D eigenvalue weighted by Gasteiger charge is -2.39. The molecule has 294 valence electrons. The summed E-state index contributed by atoms with van der Waals surface area (Å²) in [6.07, 6.45) is 8.45. The summed E-state index contributed by atoms with van der Waals surface area (Å²) in [5, 5.41) is 12.0. The van der Waals surface area contributed by atoms with Gasteiger partial charge in [0.05, 0.1) is 34.1 Å². The third-order valence-corrected chi connectivity index (χ3v) is 13.5. The molecule has 9 rings (SSSR count). The summed E-state index contributed by atoms with van der Waals surface area (Å²) < 4.78 is 0. The summed E-state index contributed by atoms with van der Waals surface area (Å²) in [5.74, 6) is -0.887. The smallest absolute Gasteiger partial charge is 0.274 e. The molecule has 0 radical (unpaired) electrons. The zero-order valence-electron chi connectivity index (χ0n) is 31.9. The molecule has 4 saturated heterocycles. The summed E-state index contributed by atoms with van der Waals surface area (Å²) in [4.78, 5) is 83.3. The molecule has 0 aliphatic carbocycles. The lowest BCUT2D eigenvalue weighted by atomic mass is 9.77. The van der Waals surface area contributed by atoms with Crippen LogP contribution < -0.4 is 15.1 Å². The summed E-state index contributed by atoms with van der Waals surface area (Å²) in [7, 11) is 0. The number of carbonyl (C=O) groups excluding carboxylic acids is 5. The van der Waals surface area contributed by atoms with E-state index in [9.17, 15) is 29.2 Å². The number of nitrogens with one attached hydrogen (secondary N) is 1. The molecule has 14 nitrogen and oxygen atoms in total. The zero-order chi connectivity index (χ0) is 39.6. The molecule has 1 spiro atoms. The maximum Gasteiger partial charge on any atom is 0.274 e. The van der Waals surface area contributed by atoms with Gasteiger partial charge in [-0.05, 0) is 98.2 Å². The molecule has 0 saturated carbocycles. The number of benzene rings is 2. The van der Waals surface area contributed by atoms with E-state index in [4.69, 9.17) is 11.6 Å². The van der Waals surface area contributed by atoms with Crippen LogP contribution in [-0.4, -0.2) is 106 Å². The molecule has 57 heavy (non-hydrogen) atoms. The maximum absolute atomic E-state index is 13.5. The first-order valence-corrected chi connectivity index (χ1v) is 20.3. The zero-order valence-corrected chi connectivity index (χ0v) is 32.6. The molecule has 15 heteroatoms. The third-order valence-electron chi connectivity index (χ3n) is 13.1. The van der Waals surface area contributed by atoms with E-state index in [0.717, 1.165) is 85.8 Å². The number of carbonyl (C=O) groups is 5. The van der Waals surface area contributed by atoms with Gasteiger partial charge in [0.25, 0.3) is 17.7 Å². The molecule has 1 N–H and O–H groups in total. The van der Waals surface area contributed by atoms with Gasteiger partial charge in [0.2, 0.25) is 11.8 Å². The van der Waals surface area contributed by atoms with Crippen LogP contribution in [0, 0.1) is 22.7 Å². The Hall–Kier alpha value is -5.39. The highest BCUT2D eigenvalue weighted by Crippen LogP contribution is 2.46. The molecule has 3 aromatic rings.